The quantitative estimate of drug-likeness (QED) is 0.860. The number of benzene rings is 1. The molecule has 0 saturated carbocycles. The van der Waals surface area contributed by atoms with E-state index in [4.69, 9.17) is 16.7 Å². The lowest BCUT2D eigenvalue weighted by Gasteiger charge is -2.13. The van der Waals surface area contributed by atoms with Gasteiger partial charge < -0.3 is 5.11 Å². The summed E-state index contributed by atoms with van der Waals surface area (Å²) in [4.78, 5) is 10.2. The second-order valence-electron chi connectivity index (χ2n) is 2.91. The molecule has 0 fully saturated rings. The summed E-state index contributed by atoms with van der Waals surface area (Å²) in [6.45, 7) is 1.19. The Morgan fingerprint density at radius 1 is 1.47 bits per heavy atom. The minimum Gasteiger partial charge on any atom is -0.477 e. The lowest BCUT2D eigenvalue weighted by Crippen LogP contribution is -2.26. The van der Waals surface area contributed by atoms with E-state index in [0.29, 0.717) is 6.07 Å². The van der Waals surface area contributed by atoms with E-state index in [-0.39, 0.29) is 10.6 Å². The van der Waals surface area contributed by atoms with Crippen LogP contribution in [0.15, 0.2) is 12.1 Å². The Balaban J connectivity index is 3.40. The molecule has 0 bridgehead atoms. The van der Waals surface area contributed by atoms with Gasteiger partial charge in [0.05, 0.1) is 5.56 Å². The summed E-state index contributed by atoms with van der Waals surface area (Å²) in [6.07, 6.45) is 0. The molecule has 0 aliphatic rings. The van der Waals surface area contributed by atoms with Crippen LogP contribution >= 0.6 is 11.6 Å². The first-order chi connectivity index (χ1) is 6.78. The molecule has 0 atom stereocenters. The Kier molecular flexibility index (Phi) is 2.95. The highest BCUT2D eigenvalue weighted by Crippen LogP contribution is 2.33. The number of alkyl halides is 2. The van der Waals surface area contributed by atoms with Crippen LogP contribution in [0.4, 0.5) is 13.2 Å². The van der Waals surface area contributed by atoms with Crippen molar-refractivity contribution in [2.45, 2.75) is 12.8 Å². The van der Waals surface area contributed by atoms with Crippen molar-refractivity contribution in [3.8, 4) is 0 Å². The lowest BCUT2D eigenvalue weighted by molar-refractivity contribution is -0.166. The summed E-state index contributed by atoms with van der Waals surface area (Å²) in [6, 6.07) is 1.70. The fourth-order valence-electron chi connectivity index (χ4n) is 1.02. The van der Waals surface area contributed by atoms with E-state index < -0.39 is 23.3 Å². The molecule has 6 heteroatoms. The van der Waals surface area contributed by atoms with Gasteiger partial charge in [-0.25, -0.2) is 9.18 Å². The molecule has 1 N–H and O–H groups in total. The maximum atomic E-state index is 13.3. The fourth-order valence-corrected chi connectivity index (χ4v) is 1.17. The van der Waals surface area contributed by atoms with E-state index in [1.807, 2.05) is 0 Å². The largest absolute Gasteiger partial charge is 0.477 e. The highest BCUT2D eigenvalue weighted by molar-refractivity contribution is 6.31. The summed E-state index contributed by atoms with van der Waals surface area (Å²) in [5.41, 5.74) is -1.38. The molecule has 1 aromatic carbocycles. The molecule has 0 aromatic heterocycles. The number of rotatable bonds is 2. The Hall–Kier alpha value is -1.23. The standard InChI is InChI=1S/C9H6ClF3O2/c1-4-6(10)3-2-5(7(4)11)9(12,13)8(14)15/h2-3H,1H3,(H,14,15). The van der Waals surface area contributed by atoms with E-state index in [9.17, 15) is 18.0 Å². The Morgan fingerprint density at radius 3 is 2.47 bits per heavy atom. The highest BCUT2D eigenvalue weighted by atomic mass is 35.5. The van der Waals surface area contributed by atoms with Gasteiger partial charge in [-0.1, -0.05) is 11.6 Å². The third kappa shape index (κ3) is 1.92. The van der Waals surface area contributed by atoms with Crippen LogP contribution in [0.3, 0.4) is 0 Å². The lowest BCUT2D eigenvalue weighted by atomic mass is 10.0. The zero-order valence-corrected chi connectivity index (χ0v) is 8.28. The van der Waals surface area contributed by atoms with E-state index in [1.54, 1.807) is 0 Å². The molecule has 0 radical (unpaired) electrons. The van der Waals surface area contributed by atoms with Crippen molar-refractivity contribution < 1.29 is 23.1 Å². The predicted octanol–water partition coefficient (Wildman–Crippen LogP) is 2.96. The van der Waals surface area contributed by atoms with Crippen LogP contribution in [0.2, 0.25) is 5.02 Å². The van der Waals surface area contributed by atoms with Crippen LogP contribution in [0.5, 0.6) is 0 Å². The molecule has 0 saturated heterocycles. The predicted molar refractivity (Wildman–Crippen MR) is 47.7 cm³/mol. The van der Waals surface area contributed by atoms with Crippen molar-refractivity contribution in [1.29, 1.82) is 0 Å². The number of aliphatic carboxylic acids is 1. The number of hydrogen-bond acceptors (Lipinski definition) is 1. The van der Waals surface area contributed by atoms with Gasteiger partial charge in [0, 0.05) is 10.6 Å². The zero-order chi connectivity index (χ0) is 11.8. The highest BCUT2D eigenvalue weighted by Gasteiger charge is 2.43. The van der Waals surface area contributed by atoms with Crippen LogP contribution in [-0.2, 0) is 10.7 Å². The summed E-state index contributed by atoms with van der Waals surface area (Å²) in [7, 11) is 0. The number of carbonyl (C=O) groups is 1. The van der Waals surface area contributed by atoms with Crippen molar-refractivity contribution in [3.63, 3.8) is 0 Å². The van der Waals surface area contributed by atoms with E-state index >= 15 is 0 Å². The van der Waals surface area contributed by atoms with Crippen LogP contribution in [0, 0.1) is 12.7 Å². The summed E-state index contributed by atoms with van der Waals surface area (Å²) in [5, 5.41) is 8.20. The Bertz CT molecular complexity index is 418. The SMILES string of the molecule is Cc1c(Cl)ccc(C(F)(F)C(=O)O)c1F. The zero-order valence-electron chi connectivity index (χ0n) is 7.52. The normalized spacial score (nSPS) is 11.5. The Labute approximate surface area is 88.3 Å². The molecule has 0 aliphatic heterocycles. The molecule has 15 heavy (non-hydrogen) atoms. The third-order valence-corrected chi connectivity index (χ3v) is 2.34. The minimum absolute atomic E-state index is 0.0301. The second-order valence-corrected chi connectivity index (χ2v) is 3.32. The topological polar surface area (TPSA) is 37.3 Å². The van der Waals surface area contributed by atoms with Gasteiger partial charge in [-0.05, 0) is 19.1 Å². The van der Waals surface area contributed by atoms with E-state index in [1.165, 1.54) is 6.92 Å². The molecule has 1 rings (SSSR count). The van der Waals surface area contributed by atoms with Crippen molar-refractivity contribution >= 4 is 17.6 Å². The molecule has 82 valence electrons. The van der Waals surface area contributed by atoms with Gasteiger partial charge in [0.25, 0.3) is 0 Å². The molecular weight excluding hydrogens is 233 g/mol. The molecule has 0 heterocycles. The van der Waals surface area contributed by atoms with Gasteiger partial charge in [0.2, 0.25) is 0 Å². The Morgan fingerprint density at radius 2 is 2.00 bits per heavy atom. The maximum Gasteiger partial charge on any atom is 0.379 e. The first-order valence-electron chi connectivity index (χ1n) is 3.84. The fraction of sp³-hybridized carbons (Fsp3) is 0.222. The third-order valence-electron chi connectivity index (χ3n) is 1.93. The van der Waals surface area contributed by atoms with Crippen LogP contribution in [-0.4, -0.2) is 11.1 Å². The first kappa shape index (κ1) is 11.8. The molecule has 1 aromatic rings. The summed E-state index contributed by atoms with van der Waals surface area (Å²) >= 11 is 5.48. The van der Waals surface area contributed by atoms with Crippen molar-refractivity contribution in [3.05, 3.63) is 34.1 Å². The maximum absolute atomic E-state index is 13.3. The molecule has 0 aliphatic carbocycles. The van der Waals surface area contributed by atoms with Gasteiger partial charge in [0.1, 0.15) is 5.82 Å². The van der Waals surface area contributed by atoms with E-state index in [2.05, 4.69) is 0 Å². The average molecular weight is 239 g/mol. The van der Waals surface area contributed by atoms with Gasteiger partial charge in [0.15, 0.2) is 0 Å². The van der Waals surface area contributed by atoms with Crippen LogP contribution in [0.25, 0.3) is 0 Å². The molecule has 0 spiro atoms. The molecular formula is C9H6ClF3O2. The first-order valence-corrected chi connectivity index (χ1v) is 4.22. The summed E-state index contributed by atoms with van der Waals surface area (Å²) in [5.74, 6) is -7.95. The molecule has 0 unspecified atom stereocenters. The molecule has 0 amide bonds. The van der Waals surface area contributed by atoms with Crippen molar-refractivity contribution in [2.24, 2.45) is 0 Å². The summed E-state index contributed by atoms with van der Waals surface area (Å²) < 4.78 is 39.2. The van der Waals surface area contributed by atoms with Crippen LogP contribution < -0.4 is 0 Å². The second kappa shape index (κ2) is 3.73. The number of halogens is 4. The smallest absolute Gasteiger partial charge is 0.379 e. The van der Waals surface area contributed by atoms with Crippen LogP contribution in [0.1, 0.15) is 11.1 Å². The van der Waals surface area contributed by atoms with Crippen molar-refractivity contribution in [2.75, 3.05) is 0 Å². The number of carboxylic acid groups (broad SMARTS) is 1. The monoisotopic (exact) mass is 238 g/mol. The average Bonchev–Trinajstić information content (AvgIpc) is 2.13. The van der Waals surface area contributed by atoms with Gasteiger partial charge in [-0.3, -0.25) is 0 Å². The van der Waals surface area contributed by atoms with Gasteiger partial charge >= 0.3 is 11.9 Å². The van der Waals surface area contributed by atoms with Gasteiger partial charge in [-0.2, -0.15) is 8.78 Å². The number of carboxylic acids is 1. The minimum atomic E-state index is -4.25. The number of hydrogen-bond donors (Lipinski definition) is 1. The van der Waals surface area contributed by atoms with E-state index in [0.717, 1.165) is 6.07 Å². The molecule has 2 nitrogen and oxygen atoms in total. The van der Waals surface area contributed by atoms with Crippen molar-refractivity contribution in [1.82, 2.24) is 0 Å². The van der Waals surface area contributed by atoms with Gasteiger partial charge in [-0.15, -0.1) is 0 Å².